The summed E-state index contributed by atoms with van der Waals surface area (Å²) in [5.74, 6) is -0.200. The summed E-state index contributed by atoms with van der Waals surface area (Å²) < 4.78 is 0. The third-order valence-electron chi connectivity index (χ3n) is 3.04. The van der Waals surface area contributed by atoms with Crippen LogP contribution in [0, 0.1) is 0 Å². The van der Waals surface area contributed by atoms with Crippen molar-refractivity contribution >= 4 is 5.91 Å². The van der Waals surface area contributed by atoms with E-state index in [1.165, 1.54) is 12.8 Å². The molecule has 0 spiro atoms. The number of carbonyl (C=O) groups is 1. The number of hydrogen-bond acceptors (Lipinski definition) is 3. The zero-order chi connectivity index (χ0) is 11.1. The molecule has 4 nitrogen and oxygen atoms in total. The molecule has 88 valence electrons. The Labute approximate surface area is 91.4 Å². The predicted octanol–water partition coefficient (Wildman–Crippen LogP) is 0.489. The molecule has 15 heavy (non-hydrogen) atoms. The van der Waals surface area contributed by atoms with E-state index in [1.54, 1.807) is 0 Å². The summed E-state index contributed by atoms with van der Waals surface area (Å²) in [6.45, 7) is 2.32. The summed E-state index contributed by atoms with van der Waals surface area (Å²) in [7, 11) is 0. The van der Waals surface area contributed by atoms with Gasteiger partial charge in [-0.2, -0.15) is 0 Å². The molecule has 1 rings (SSSR count). The zero-order valence-electron chi connectivity index (χ0n) is 9.32. The van der Waals surface area contributed by atoms with Crippen LogP contribution in [0.4, 0.5) is 0 Å². The van der Waals surface area contributed by atoms with Gasteiger partial charge in [-0.1, -0.05) is 6.42 Å². The molecule has 0 bridgehead atoms. The van der Waals surface area contributed by atoms with Gasteiger partial charge in [-0.15, -0.1) is 0 Å². The molecule has 1 saturated heterocycles. The Morgan fingerprint density at radius 1 is 1.40 bits per heavy atom. The maximum Gasteiger partial charge on any atom is 0.218 e. The second kappa shape index (κ2) is 6.80. The molecule has 1 fully saturated rings. The number of aliphatic hydroxyl groups excluding tert-OH is 1. The van der Waals surface area contributed by atoms with E-state index in [1.807, 2.05) is 0 Å². The third-order valence-corrected chi connectivity index (χ3v) is 3.04. The van der Waals surface area contributed by atoms with Crippen LogP contribution in [0.2, 0.25) is 0 Å². The van der Waals surface area contributed by atoms with Gasteiger partial charge in [0.2, 0.25) is 5.91 Å². The Hall–Kier alpha value is -0.610. The minimum Gasteiger partial charge on any atom is -0.396 e. The van der Waals surface area contributed by atoms with E-state index in [0.29, 0.717) is 12.5 Å². The van der Waals surface area contributed by atoms with Crippen molar-refractivity contribution in [2.75, 3.05) is 19.7 Å². The molecule has 0 aliphatic carbocycles. The maximum atomic E-state index is 10.9. The van der Waals surface area contributed by atoms with Crippen molar-refractivity contribution in [2.24, 2.45) is 5.73 Å². The molecule has 1 aliphatic rings. The summed E-state index contributed by atoms with van der Waals surface area (Å²) in [6.07, 6.45) is 5.84. The second-order valence-electron chi connectivity index (χ2n) is 4.29. The average molecular weight is 214 g/mol. The highest BCUT2D eigenvalue weighted by Crippen LogP contribution is 2.19. The lowest BCUT2D eigenvalue weighted by atomic mass is 9.99. The SMILES string of the molecule is NC(=O)CC1CCCCN1CCCCO. The maximum absolute atomic E-state index is 10.9. The Morgan fingerprint density at radius 3 is 2.87 bits per heavy atom. The first-order valence-electron chi connectivity index (χ1n) is 5.87. The van der Waals surface area contributed by atoms with Gasteiger partial charge in [-0.05, 0) is 38.8 Å². The standard InChI is InChI=1S/C11H22N2O2/c12-11(15)9-10-5-1-2-6-13(10)7-3-4-8-14/h10,14H,1-9H2,(H2,12,15). The largest absolute Gasteiger partial charge is 0.396 e. The number of likely N-dealkylation sites (tertiary alicyclic amines) is 1. The fraction of sp³-hybridized carbons (Fsp3) is 0.909. The number of piperidine rings is 1. The van der Waals surface area contributed by atoms with E-state index < -0.39 is 0 Å². The Morgan fingerprint density at radius 2 is 2.20 bits per heavy atom. The first kappa shape index (κ1) is 12.5. The number of primary amides is 1. The van der Waals surface area contributed by atoms with E-state index in [0.717, 1.165) is 32.4 Å². The molecule has 1 amide bonds. The van der Waals surface area contributed by atoms with Gasteiger partial charge in [-0.25, -0.2) is 0 Å². The number of amides is 1. The summed E-state index contributed by atoms with van der Waals surface area (Å²) in [5.41, 5.74) is 5.23. The molecular formula is C11H22N2O2. The van der Waals surface area contributed by atoms with Crippen molar-refractivity contribution in [1.29, 1.82) is 0 Å². The van der Waals surface area contributed by atoms with Crippen LogP contribution in [0.25, 0.3) is 0 Å². The highest BCUT2D eigenvalue weighted by Gasteiger charge is 2.22. The zero-order valence-corrected chi connectivity index (χ0v) is 9.32. The van der Waals surface area contributed by atoms with Crippen LogP contribution < -0.4 is 5.73 Å². The lowest BCUT2D eigenvalue weighted by Crippen LogP contribution is -2.42. The number of nitrogens with two attached hydrogens (primary N) is 1. The molecule has 1 atom stereocenters. The first-order chi connectivity index (χ1) is 7.24. The van der Waals surface area contributed by atoms with Crippen LogP contribution in [0.1, 0.15) is 38.5 Å². The lowest BCUT2D eigenvalue weighted by molar-refractivity contribution is -0.119. The molecular weight excluding hydrogens is 192 g/mol. The van der Waals surface area contributed by atoms with E-state index in [4.69, 9.17) is 10.8 Å². The van der Waals surface area contributed by atoms with Crippen LogP contribution in [-0.4, -0.2) is 41.7 Å². The number of unbranched alkanes of at least 4 members (excludes halogenated alkanes) is 1. The molecule has 1 heterocycles. The molecule has 0 saturated carbocycles. The molecule has 1 aliphatic heterocycles. The van der Waals surface area contributed by atoms with Gasteiger partial charge in [0.15, 0.2) is 0 Å². The van der Waals surface area contributed by atoms with Gasteiger partial charge >= 0.3 is 0 Å². The molecule has 0 aromatic heterocycles. The first-order valence-corrected chi connectivity index (χ1v) is 5.87. The summed E-state index contributed by atoms with van der Waals surface area (Å²) in [5, 5.41) is 8.71. The Kier molecular flexibility index (Phi) is 5.65. The van der Waals surface area contributed by atoms with Crippen LogP contribution in [-0.2, 0) is 4.79 Å². The number of rotatable bonds is 6. The van der Waals surface area contributed by atoms with E-state index in [9.17, 15) is 4.79 Å². The topological polar surface area (TPSA) is 66.6 Å². The van der Waals surface area contributed by atoms with Gasteiger partial charge in [0, 0.05) is 19.1 Å². The van der Waals surface area contributed by atoms with E-state index in [-0.39, 0.29) is 12.5 Å². The lowest BCUT2D eigenvalue weighted by Gasteiger charge is -2.35. The Bertz CT molecular complexity index is 197. The van der Waals surface area contributed by atoms with Crippen LogP contribution in [0.5, 0.6) is 0 Å². The molecule has 4 heteroatoms. The highest BCUT2D eigenvalue weighted by atomic mass is 16.2. The van der Waals surface area contributed by atoms with Crippen molar-refractivity contribution in [2.45, 2.75) is 44.6 Å². The van der Waals surface area contributed by atoms with Crippen molar-refractivity contribution in [3.05, 3.63) is 0 Å². The smallest absolute Gasteiger partial charge is 0.218 e. The fourth-order valence-corrected chi connectivity index (χ4v) is 2.24. The quantitative estimate of drug-likeness (QED) is 0.632. The highest BCUT2D eigenvalue weighted by molar-refractivity contribution is 5.74. The minimum absolute atomic E-state index is 0.200. The molecule has 0 aromatic carbocycles. The Balaban J connectivity index is 2.32. The van der Waals surface area contributed by atoms with Crippen molar-refractivity contribution in [1.82, 2.24) is 4.90 Å². The monoisotopic (exact) mass is 214 g/mol. The van der Waals surface area contributed by atoms with E-state index in [2.05, 4.69) is 4.90 Å². The van der Waals surface area contributed by atoms with Crippen molar-refractivity contribution in [3.63, 3.8) is 0 Å². The van der Waals surface area contributed by atoms with Crippen molar-refractivity contribution < 1.29 is 9.90 Å². The van der Waals surface area contributed by atoms with E-state index >= 15 is 0 Å². The normalized spacial score (nSPS) is 22.9. The number of nitrogens with zero attached hydrogens (tertiary/aromatic N) is 1. The van der Waals surface area contributed by atoms with Crippen LogP contribution in [0.15, 0.2) is 0 Å². The third kappa shape index (κ3) is 4.62. The minimum atomic E-state index is -0.200. The second-order valence-corrected chi connectivity index (χ2v) is 4.29. The van der Waals surface area contributed by atoms with Crippen molar-refractivity contribution in [3.8, 4) is 0 Å². The molecule has 0 aromatic rings. The summed E-state index contributed by atoms with van der Waals surface area (Å²) in [4.78, 5) is 13.2. The molecule has 0 radical (unpaired) electrons. The number of hydrogen-bond donors (Lipinski definition) is 2. The van der Waals surface area contributed by atoms with Gasteiger partial charge < -0.3 is 10.8 Å². The summed E-state index contributed by atoms with van der Waals surface area (Å²) in [6, 6.07) is 0.343. The van der Waals surface area contributed by atoms with Gasteiger partial charge in [0.05, 0.1) is 0 Å². The average Bonchev–Trinajstić information content (AvgIpc) is 2.20. The van der Waals surface area contributed by atoms with Gasteiger partial charge in [0.1, 0.15) is 0 Å². The molecule has 3 N–H and O–H groups in total. The predicted molar refractivity (Wildman–Crippen MR) is 59.3 cm³/mol. The number of aliphatic hydroxyl groups is 1. The van der Waals surface area contributed by atoms with Gasteiger partial charge in [0.25, 0.3) is 0 Å². The van der Waals surface area contributed by atoms with Crippen LogP contribution in [0.3, 0.4) is 0 Å². The summed E-state index contributed by atoms with van der Waals surface area (Å²) >= 11 is 0. The number of carbonyl (C=O) groups excluding carboxylic acids is 1. The van der Waals surface area contributed by atoms with Crippen LogP contribution >= 0.6 is 0 Å². The fourth-order valence-electron chi connectivity index (χ4n) is 2.24. The molecule has 1 unspecified atom stereocenters. The van der Waals surface area contributed by atoms with Gasteiger partial charge in [-0.3, -0.25) is 9.69 Å².